The fourth-order valence-corrected chi connectivity index (χ4v) is 2.91. The van der Waals surface area contributed by atoms with Crippen LogP contribution in [0.1, 0.15) is 44.3 Å². The fraction of sp³-hybridized carbons (Fsp3) is 0.500. The zero-order valence-electron chi connectivity index (χ0n) is 14.1. The summed E-state index contributed by atoms with van der Waals surface area (Å²) < 4.78 is 7.30. The van der Waals surface area contributed by atoms with E-state index in [2.05, 4.69) is 10.3 Å². The molecule has 2 aromatic rings. The van der Waals surface area contributed by atoms with Crippen LogP contribution in [0.3, 0.4) is 0 Å². The van der Waals surface area contributed by atoms with Gasteiger partial charge in [-0.1, -0.05) is 36.3 Å². The molecule has 1 aromatic heterocycles. The van der Waals surface area contributed by atoms with Crippen LogP contribution >= 0.6 is 0 Å². The first-order valence-corrected chi connectivity index (χ1v) is 8.61. The number of carbonyl (C=O) groups is 1. The predicted octanol–water partition coefficient (Wildman–Crippen LogP) is 2.82. The third-order valence-corrected chi connectivity index (χ3v) is 4.36. The largest absolute Gasteiger partial charge is 0.487 e. The van der Waals surface area contributed by atoms with Crippen molar-refractivity contribution in [2.75, 3.05) is 13.1 Å². The lowest BCUT2D eigenvalue weighted by atomic mass is 10.2. The molecule has 0 bridgehead atoms. The zero-order chi connectivity index (χ0) is 16.8. The maximum Gasteiger partial charge on any atom is 0.247 e. The van der Waals surface area contributed by atoms with Gasteiger partial charge in [0.2, 0.25) is 5.91 Å². The molecular formula is C18H24N4O2. The number of nitrogens with zero attached hydrogens (tertiary/aromatic N) is 4. The van der Waals surface area contributed by atoms with E-state index in [4.69, 9.17) is 4.74 Å². The Hall–Kier alpha value is -2.37. The molecule has 0 spiro atoms. The number of hydrogen-bond acceptors (Lipinski definition) is 4. The SMILES string of the molecule is CC(C(=O)N1CCCCCC1)n1cc(COc2ccccc2)nn1. The summed E-state index contributed by atoms with van der Waals surface area (Å²) in [5, 5.41) is 8.22. The van der Waals surface area contributed by atoms with Crippen molar-refractivity contribution >= 4 is 5.91 Å². The van der Waals surface area contributed by atoms with E-state index >= 15 is 0 Å². The quantitative estimate of drug-likeness (QED) is 0.847. The molecule has 128 valence electrons. The number of ether oxygens (including phenoxy) is 1. The summed E-state index contributed by atoms with van der Waals surface area (Å²) in [5.41, 5.74) is 0.717. The van der Waals surface area contributed by atoms with E-state index in [-0.39, 0.29) is 11.9 Å². The molecule has 2 heterocycles. The minimum atomic E-state index is -0.332. The molecule has 1 atom stereocenters. The molecule has 1 aliphatic heterocycles. The molecule has 6 heteroatoms. The topological polar surface area (TPSA) is 60.2 Å². The van der Waals surface area contributed by atoms with Crippen molar-refractivity contribution in [2.45, 2.75) is 45.3 Å². The molecule has 24 heavy (non-hydrogen) atoms. The van der Waals surface area contributed by atoms with Gasteiger partial charge in [-0.2, -0.15) is 0 Å². The Morgan fingerprint density at radius 2 is 1.88 bits per heavy atom. The van der Waals surface area contributed by atoms with E-state index in [0.29, 0.717) is 6.61 Å². The van der Waals surface area contributed by atoms with E-state index in [9.17, 15) is 4.79 Å². The summed E-state index contributed by atoms with van der Waals surface area (Å²) in [7, 11) is 0. The van der Waals surface area contributed by atoms with Crippen LogP contribution in [0.2, 0.25) is 0 Å². The van der Waals surface area contributed by atoms with E-state index in [0.717, 1.165) is 37.4 Å². The lowest BCUT2D eigenvalue weighted by Gasteiger charge is -2.23. The zero-order valence-corrected chi connectivity index (χ0v) is 14.1. The van der Waals surface area contributed by atoms with Gasteiger partial charge in [-0.15, -0.1) is 5.10 Å². The highest BCUT2D eigenvalue weighted by atomic mass is 16.5. The number of aromatic nitrogens is 3. The molecular weight excluding hydrogens is 304 g/mol. The Morgan fingerprint density at radius 1 is 1.17 bits per heavy atom. The van der Waals surface area contributed by atoms with Gasteiger partial charge < -0.3 is 9.64 Å². The van der Waals surface area contributed by atoms with E-state index in [1.54, 1.807) is 10.9 Å². The van der Waals surface area contributed by atoms with Crippen LogP contribution in [-0.4, -0.2) is 38.9 Å². The Balaban J connectivity index is 1.58. The van der Waals surface area contributed by atoms with Crippen molar-refractivity contribution < 1.29 is 9.53 Å². The van der Waals surface area contributed by atoms with Crippen molar-refractivity contribution in [2.24, 2.45) is 0 Å². The van der Waals surface area contributed by atoms with E-state index in [1.807, 2.05) is 42.2 Å². The minimum absolute atomic E-state index is 0.123. The van der Waals surface area contributed by atoms with Gasteiger partial charge in [-0.05, 0) is 31.9 Å². The van der Waals surface area contributed by atoms with Gasteiger partial charge in [0.15, 0.2) is 0 Å². The van der Waals surface area contributed by atoms with Crippen LogP contribution in [0, 0.1) is 0 Å². The first-order valence-electron chi connectivity index (χ1n) is 8.61. The van der Waals surface area contributed by atoms with Crippen molar-refractivity contribution in [3.8, 4) is 5.75 Å². The van der Waals surface area contributed by atoms with Crippen LogP contribution in [-0.2, 0) is 11.4 Å². The summed E-state index contributed by atoms with van der Waals surface area (Å²) in [4.78, 5) is 14.6. The minimum Gasteiger partial charge on any atom is -0.487 e. The fourth-order valence-electron chi connectivity index (χ4n) is 2.91. The summed E-state index contributed by atoms with van der Waals surface area (Å²) >= 11 is 0. The van der Waals surface area contributed by atoms with E-state index < -0.39 is 0 Å². The highest BCUT2D eigenvalue weighted by molar-refractivity contribution is 5.80. The van der Waals surface area contributed by atoms with Gasteiger partial charge in [0, 0.05) is 13.1 Å². The Labute approximate surface area is 142 Å². The number of amides is 1. The lowest BCUT2D eigenvalue weighted by molar-refractivity contribution is -0.134. The summed E-state index contributed by atoms with van der Waals surface area (Å²) in [6, 6.07) is 9.26. The molecule has 1 aliphatic rings. The number of likely N-dealkylation sites (tertiary alicyclic amines) is 1. The lowest BCUT2D eigenvalue weighted by Crippen LogP contribution is -2.37. The molecule has 0 radical (unpaired) electrons. The van der Waals surface area contributed by atoms with Crippen LogP contribution in [0.5, 0.6) is 5.75 Å². The van der Waals surface area contributed by atoms with Gasteiger partial charge in [0.1, 0.15) is 24.1 Å². The van der Waals surface area contributed by atoms with E-state index in [1.165, 1.54) is 12.8 Å². The third-order valence-electron chi connectivity index (χ3n) is 4.36. The number of hydrogen-bond donors (Lipinski definition) is 0. The Morgan fingerprint density at radius 3 is 2.58 bits per heavy atom. The average Bonchev–Trinajstić information content (AvgIpc) is 2.93. The van der Waals surface area contributed by atoms with Crippen LogP contribution < -0.4 is 4.74 Å². The van der Waals surface area contributed by atoms with Gasteiger partial charge >= 0.3 is 0 Å². The number of benzene rings is 1. The summed E-state index contributed by atoms with van der Waals surface area (Å²) in [5.74, 6) is 0.915. The number of carbonyl (C=O) groups excluding carboxylic acids is 1. The second kappa shape index (κ2) is 7.95. The molecule has 1 unspecified atom stereocenters. The molecule has 6 nitrogen and oxygen atoms in total. The Bertz CT molecular complexity index is 648. The van der Waals surface area contributed by atoms with Crippen LogP contribution in [0.4, 0.5) is 0 Å². The van der Waals surface area contributed by atoms with Crippen molar-refractivity contribution in [1.29, 1.82) is 0 Å². The highest BCUT2D eigenvalue weighted by Gasteiger charge is 2.23. The standard InChI is InChI=1S/C18H24N4O2/c1-15(18(23)21-11-7-2-3-8-12-21)22-13-16(19-20-22)14-24-17-9-5-4-6-10-17/h4-6,9-10,13,15H,2-3,7-8,11-12,14H2,1H3. The molecule has 1 fully saturated rings. The Kier molecular flexibility index (Phi) is 5.46. The van der Waals surface area contributed by atoms with Crippen molar-refractivity contribution in [1.82, 2.24) is 19.9 Å². The van der Waals surface area contributed by atoms with Crippen molar-refractivity contribution in [3.05, 3.63) is 42.2 Å². The second-order valence-corrected chi connectivity index (χ2v) is 6.21. The summed E-state index contributed by atoms with van der Waals surface area (Å²) in [6.07, 6.45) is 6.40. The molecule has 1 amide bonds. The first-order chi connectivity index (χ1) is 11.7. The molecule has 3 rings (SSSR count). The molecule has 1 aromatic carbocycles. The maximum absolute atomic E-state index is 12.6. The summed E-state index contributed by atoms with van der Waals surface area (Å²) in [6.45, 7) is 3.92. The molecule has 0 aliphatic carbocycles. The van der Waals surface area contributed by atoms with Crippen molar-refractivity contribution in [3.63, 3.8) is 0 Å². The highest BCUT2D eigenvalue weighted by Crippen LogP contribution is 2.16. The second-order valence-electron chi connectivity index (χ2n) is 6.21. The van der Waals surface area contributed by atoms with Gasteiger partial charge in [0.05, 0.1) is 6.20 Å². The maximum atomic E-state index is 12.6. The predicted molar refractivity (Wildman–Crippen MR) is 90.6 cm³/mol. The number of para-hydroxylation sites is 1. The molecule has 0 saturated carbocycles. The van der Waals surface area contributed by atoms with Crippen LogP contribution in [0.25, 0.3) is 0 Å². The average molecular weight is 328 g/mol. The smallest absolute Gasteiger partial charge is 0.247 e. The normalized spacial score (nSPS) is 16.5. The van der Waals surface area contributed by atoms with Gasteiger partial charge in [0.25, 0.3) is 0 Å². The number of rotatable bonds is 5. The molecule has 1 saturated heterocycles. The molecule has 0 N–H and O–H groups in total. The third kappa shape index (κ3) is 4.13. The monoisotopic (exact) mass is 328 g/mol. The first kappa shape index (κ1) is 16.5. The van der Waals surface area contributed by atoms with Gasteiger partial charge in [-0.25, -0.2) is 4.68 Å². The van der Waals surface area contributed by atoms with Gasteiger partial charge in [-0.3, -0.25) is 4.79 Å². The van der Waals surface area contributed by atoms with Crippen LogP contribution in [0.15, 0.2) is 36.5 Å².